The maximum absolute atomic E-state index is 12.7. The molecule has 0 aliphatic carbocycles. The smallest absolute Gasteiger partial charge is 0.393 e. The van der Waals surface area contributed by atoms with Gasteiger partial charge in [-0.1, -0.05) is 154 Å². The Bertz CT molecular complexity index is 812. The minimum Gasteiger partial charge on any atom is -0.393 e. The minimum absolute atomic E-state index is 0.0456. The predicted octanol–water partition coefficient (Wildman–Crippen LogP) is 8.80. The molecule has 0 bridgehead atoms. The first kappa shape index (κ1) is 45.9. The first-order valence-corrected chi connectivity index (χ1v) is 20.5. The van der Waals surface area contributed by atoms with E-state index in [1.54, 1.807) is 6.08 Å². The maximum atomic E-state index is 12.7. The molecule has 1 amide bonds. The Morgan fingerprint density at radius 3 is 1.77 bits per heavy atom. The van der Waals surface area contributed by atoms with Crippen molar-refractivity contribution in [3.8, 4) is 0 Å². The Labute approximate surface area is 288 Å². The number of carbonyl (C=O) groups is 1. The third-order valence-corrected chi connectivity index (χ3v) is 9.32. The van der Waals surface area contributed by atoms with Crippen LogP contribution in [0.5, 0.6) is 0 Å². The molecule has 278 valence electrons. The van der Waals surface area contributed by atoms with Crippen molar-refractivity contribution in [2.45, 2.75) is 186 Å². The Morgan fingerprint density at radius 2 is 1.21 bits per heavy atom. The zero-order chi connectivity index (χ0) is 34.9. The van der Waals surface area contributed by atoms with Crippen LogP contribution in [0.3, 0.4) is 0 Å². The van der Waals surface area contributed by atoms with Crippen LogP contribution in [-0.2, 0) is 18.4 Å². The number of rotatable bonds is 35. The number of phosphoric ester groups is 1. The molecule has 0 aromatic carbocycles. The van der Waals surface area contributed by atoms with E-state index in [1.807, 2.05) is 6.08 Å². The van der Waals surface area contributed by atoms with Crippen molar-refractivity contribution in [2.75, 3.05) is 19.8 Å². The van der Waals surface area contributed by atoms with Crippen LogP contribution in [0, 0.1) is 0 Å². The summed E-state index contributed by atoms with van der Waals surface area (Å²) in [6.45, 7) is 3.90. The van der Waals surface area contributed by atoms with Crippen molar-refractivity contribution < 1.29 is 33.5 Å². The van der Waals surface area contributed by atoms with Crippen LogP contribution in [0.4, 0.5) is 0 Å². The van der Waals surface area contributed by atoms with Gasteiger partial charge in [-0.2, -0.15) is 0 Å². The van der Waals surface area contributed by atoms with Crippen LogP contribution in [0.1, 0.15) is 168 Å². The molecule has 47 heavy (non-hydrogen) atoms. The molecule has 0 aliphatic heterocycles. The van der Waals surface area contributed by atoms with Gasteiger partial charge in [-0.25, -0.2) is 4.57 Å². The van der Waals surface area contributed by atoms with Gasteiger partial charge in [0.05, 0.1) is 37.9 Å². The molecule has 0 saturated heterocycles. The van der Waals surface area contributed by atoms with E-state index in [0.29, 0.717) is 12.8 Å². The number of unbranched alkanes of at least 4 members (excludes halogenated alkanes) is 19. The molecular weight excluding hydrogens is 615 g/mol. The second-order valence-electron chi connectivity index (χ2n) is 13.0. The van der Waals surface area contributed by atoms with Gasteiger partial charge in [0.2, 0.25) is 5.91 Å². The lowest BCUT2D eigenvalue weighted by atomic mass is 10.0. The van der Waals surface area contributed by atoms with Crippen molar-refractivity contribution >= 4 is 13.7 Å². The number of phosphoric acid groups is 1. The van der Waals surface area contributed by atoms with Crippen molar-refractivity contribution in [1.82, 2.24) is 5.32 Å². The molecule has 0 radical (unpaired) electrons. The molecule has 0 spiro atoms. The molecule has 0 aliphatic rings. The molecule has 0 aromatic rings. The molecule has 4 atom stereocenters. The molecule has 0 heterocycles. The zero-order valence-electron chi connectivity index (χ0n) is 30.1. The van der Waals surface area contributed by atoms with E-state index >= 15 is 0 Å². The van der Waals surface area contributed by atoms with Crippen LogP contribution < -0.4 is 11.1 Å². The molecule has 6 N–H and O–H groups in total. The summed E-state index contributed by atoms with van der Waals surface area (Å²) < 4.78 is 21.9. The summed E-state index contributed by atoms with van der Waals surface area (Å²) in [6, 6.07) is -0.993. The number of hydrogen-bond donors (Lipinski definition) is 5. The highest BCUT2D eigenvalue weighted by Gasteiger charge is 2.27. The molecule has 0 saturated carbocycles. The van der Waals surface area contributed by atoms with Gasteiger partial charge in [-0.3, -0.25) is 13.8 Å². The van der Waals surface area contributed by atoms with Crippen molar-refractivity contribution in [1.29, 1.82) is 0 Å². The highest BCUT2D eigenvalue weighted by atomic mass is 31.2. The van der Waals surface area contributed by atoms with Crippen LogP contribution in [0.2, 0.25) is 0 Å². The average molecular weight is 689 g/mol. The summed E-state index contributed by atoms with van der Waals surface area (Å²) >= 11 is 0. The lowest BCUT2D eigenvalue weighted by Gasteiger charge is -2.24. The lowest BCUT2D eigenvalue weighted by molar-refractivity contribution is -0.124. The number of amides is 1. The number of aliphatic hydroxyl groups excluding tert-OH is 2. The van der Waals surface area contributed by atoms with Gasteiger partial charge in [-0.15, -0.1) is 0 Å². The van der Waals surface area contributed by atoms with Crippen molar-refractivity contribution in [2.24, 2.45) is 5.73 Å². The minimum atomic E-state index is -4.39. The molecule has 4 unspecified atom stereocenters. The van der Waals surface area contributed by atoms with Gasteiger partial charge in [0, 0.05) is 6.54 Å². The third kappa shape index (κ3) is 31.9. The number of nitrogens with one attached hydrogen (secondary N) is 1. The summed E-state index contributed by atoms with van der Waals surface area (Å²) in [6.07, 6.45) is 32.8. The number of allylic oxidation sites excluding steroid dienone is 3. The molecule has 0 aromatic heterocycles. The van der Waals surface area contributed by atoms with Crippen LogP contribution in [0.25, 0.3) is 0 Å². The predicted molar refractivity (Wildman–Crippen MR) is 195 cm³/mol. The summed E-state index contributed by atoms with van der Waals surface area (Å²) in [5.74, 6) is -0.459. The SMILES string of the molecule is CCCCCCCCCCCCC/C=C/CC/C=C/C(O)C(COP(=O)(O)OCCN)NC(=O)CC(O)CCCCCCCCCC. The fraction of sp³-hybridized carbons (Fsp3) is 0.865. The fourth-order valence-corrected chi connectivity index (χ4v) is 6.19. The number of carbonyl (C=O) groups excluding carboxylic acids is 1. The number of aliphatic hydroxyl groups is 2. The van der Waals surface area contributed by atoms with Crippen molar-refractivity contribution in [3.63, 3.8) is 0 Å². The van der Waals surface area contributed by atoms with E-state index in [4.69, 9.17) is 14.8 Å². The largest absolute Gasteiger partial charge is 0.472 e. The average Bonchev–Trinajstić information content (AvgIpc) is 3.04. The Morgan fingerprint density at radius 1 is 0.723 bits per heavy atom. The Balaban J connectivity index is 4.46. The van der Waals surface area contributed by atoms with Gasteiger partial charge in [0.1, 0.15) is 0 Å². The van der Waals surface area contributed by atoms with Gasteiger partial charge >= 0.3 is 7.82 Å². The fourth-order valence-electron chi connectivity index (χ4n) is 5.43. The molecule has 9 nitrogen and oxygen atoms in total. The topological polar surface area (TPSA) is 151 Å². The second-order valence-corrected chi connectivity index (χ2v) is 14.4. The molecular formula is C37H73N2O7P. The van der Waals surface area contributed by atoms with E-state index in [2.05, 4.69) is 31.3 Å². The van der Waals surface area contributed by atoms with E-state index in [9.17, 15) is 24.5 Å². The quantitative estimate of drug-likeness (QED) is 0.0252. The number of nitrogens with two attached hydrogens (primary N) is 1. The van der Waals surface area contributed by atoms with Crippen LogP contribution >= 0.6 is 7.82 Å². The summed E-state index contributed by atoms with van der Waals surface area (Å²) in [5, 5.41) is 23.8. The standard InChI is InChI=1S/C37H73N2O7P/c1-3-5-7-9-11-13-14-15-16-17-18-19-20-21-23-25-27-29-36(41)35(33-46-47(43,44)45-31-30-38)39-37(42)32-34(40)28-26-24-22-12-10-8-6-4-2/h20-21,27,29,34-36,40-41H,3-19,22-26,28,30-33,38H2,1-2H3,(H,39,42)(H,43,44)/b21-20+,29-27+. The van der Waals surface area contributed by atoms with Gasteiger partial charge in [0.15, 0.2) is 0 Å². The molecule has 0 rings (SSSR count). The lowest BCUT2D eigenvalue weighted by Crippen LogP contribution is -2.46. The first-order chi connectivity index (χ1) is 22.8. The highest BCUT2D eigenvalue weighted by molar-refractivity contribution is 7.47. The third-order valence-electron chi connectivity index (χ3n) is 8.33. The van der Waals surface area contributed by atoms with Gasteiger partial charge < -0.3 is 26.2 Å². The first-order valence-electron chi connectivity index (χ1n) is 19.0. The van der Waals surface area contributed by atoms with E-state index in [0.717, 1.165) is 32.1 Å². The van der Waals surface area contributed by atoms with E-state index in [-0.39, 0.29) is 19.6 Å². The van der Waals surface area contributed by atoms with Crippen molar-refractivity contribution in [3.05, 3.63) is 24.3 Å². The Hall–Kier alpha value is -1.06. The zero-order valence-corrected chi connectivity index (χ0v) is 31.0. The van der Waals surface area contributed by atoms with E-state index < -0.39 is 38.6 Å². The monoisotopic (exact) mass is 689 g/mol. The summed E-state index contributed by atoms with van der Waals surface area (Å²) in [5.41, 5.74) is 5.34. The maximum Gasteiger partial charge on any atom is 0.472 e. The van der Waals surface area contributed by atoms with Gasteiger partial charge in [0.25, 0.3) is 0 Å². The number of hydrogen-bond acceptors (Lipinski definition) is 7. The molecule has 0 fully saturated rings. The van der Waals surface area contributed by atoms with Crippen LogP contribution in [0.15, 0.2) is 24.3 Å². The van der Waals surface area contributed by atoms with E-state index in [1.165, 1.54) is 103 Å². The van der Waals surface area contributed by atoms with Crippen LogP contribution in [-0.4, -0.2) is 59.0 Å². The second kappa shape index (κ2) is 33.4. The van der Waals surface area contributed by atoms with Gasteiger partial charge in [-0.05, 0) is 32.1 Å². The summed E-state index contributed by atoms with van der Waals surface area (Å²) in [7, 11) is -4.39. The summed E-state index contributed by atoms with van der Waals surface area (Å²) in [4.78, 5) is 22.6. The highest BCUT2D eigenvalue weighted by Crippen LogP contribution is 2.43. The molecule has 10 heteroatoms. The normalized spacial score (nSPS) is 15.3. The Kier molecular flexibility index (Phi) is 32.7.